The smallest absolute Gasteiger partial charge is 0.226 e. The number of carbonyl (C=O) groups is 1. The molecule has 1 aliphatic carbocycles. The molecule has 1 saturated heterocycles. The zero-order valence-corrected chi connectivity index (χ0v) is 16.8. The van der Waals surface area contributed by atoms with Gasteiger partial charge in [0.05, 0.1) is 0 Å². The molecule has 0 saturated carbocycles. The Labute approximate surface area is 167 Å². The van der Waals surface area contributed by atoms with Crippen molar-refractivity contribution in [2.45, 2.75) is 51.5 Å². The highest BCUT2D eigenvalue weighted by Gasteiger charge is 2.33. The molecule has 0 radical (unpaired) electrons. The van der Waals surface area contributed by atoms with Crippen molar-refractivity contribution in [2.24, 2.45) is 5.92 Å². The Morgan fingerprint density at radius 2 is 1.79 bits per heavy atom. The summed E-state index contributed by atoms with van der Waals surface area (Å²) in [6.07, 6.45) is 9.52. The summed E-state index contributed by atoms with van der Waals surface area (Å²) < 4.78 is 0. The van der Waals surface area contributed by atoms with E-state index in [0.717, 1.165) is 64.1 Å². The van der Waals surface area contributed by atoms with Crippen LogP contribution >= 0.6 is 0 Å². The molecule has 4 rings (SSSR count). The van der Waals surface area contributed by atoms with Crippen molar-refractivity contribution < 1.29 is 4.79 Å². The molecule has 1 unspecified atom stereocenters. The van der Waals surface area contributed by atoms with Crippen LogP contribution in [0.15, 0.2) is 42.7 Å². The van der Waals surface area contributed by atoms with Gasteiger partial charge in [0, 0.05) is 44.0 Å². The van der Waals surface area contributed by atoms with E-state index in [2.05, 4.69) is 51.0 Å². The first-order valence-corrected chi connectivity index (χ1v) is 10.7. The zero-order valence-electron chi connectivity index (χ0n) is 16.8. The Morgan fingerprint density at radius 3 is 2.50 bits per heavy atom. The molecule has 2 aromatic rings. The van der Waals surface area contributed by atoms with Gasteiger partial charge >= 0.3 is 0 Å². The van der Waals surface area contributed by atoms with E-state index >= 15 is 0 Å². The van der Waals surface area contributed by atoms with Crippen molar-refractivity contribution in [3.8, 4) is 0 Å². The molecule has 28 heavy (non-hydrogen) atoms. The predicted octanol–water partition coefficient (Wildman–Crippen LogP) is 3.49. The topological polar surface area (TPSA) is 49.3 Å². The van der Waals surface area contributed by atoms with Crippen LogP contribution in [-0.4, -0.2) is 46.5 Å². The molecule has 1 aromatic carbocycles. The second-order valence-electron chi connectivity index (χ2n) is 8.01. The normalized spacial score (nSPS) is 19.9. The maximum Gasteiger partial charge on any atom is 0.226 e. The molecule has 0 bridgehead atoms. The van der Waals surface area contributed by atoms with Crippen LogP contribution in [0.5, 0.6) is 0 Å². The number of anilines is 1. The third-order valence-electron chi connectivity index (χ3n) is 6.19. The van der Waals surface area contributed by atoms with Gasteiger partial charge in [0.15, 0.2) is 0 Å². The van der Waals surface area contributed by atoms with E-state index in [1.165, 1.54) is 11.1 Å². The number of hydrogen-bond donors (Lipinski definition) is 0. The molecule has 5 nitrogen and oxygen atoms in total. The highest BCUT2D eigenvalue weighted by atomic mass is 16.2. The van der Waals surface area contributed by atoms with Gasteiger partial charge in [-0.05, 0) is 55.7 Å². The van der Waals surface area contributed by atoms with Crippen LogP contribution < -0.4 is 4.90 Å². The summed E-state index contributed by atoms with van der Waals surface area (Å²) in [6, 6.07) is 10.9. The first-order valence-electron chi connectivity index (χ1n) is 10.7. The van der Waals surface area contributed by atoms with E-state index in [9.17, 15) is 4.79 Å². The molecule has 0 spiro atoms. The van der Waals surface area contributed by atoms with Crippen LogP contribution in [0.4, 0.5) is 5.95 Å². The second-order valence-corrected chi connectivity index (χ2v) is 8.01. The van der Waals surface area contributed by atoms with E-state index in [-0.39, 0.29) is 5.92 Å². The SMILES string of the molecule is CCCN(C(=O)C1CCN(c2ncccn2)CC1)C1CCc2ccccc2C1. The molecule has 2 heterocycles. The monoisotopic (exact) mass is 378 g/mol. The number of amides is 1. The van der Waals surface area contributed by atoms with Gasteiger partial charge < -0.3 is 9.80 Å². The number of aryl methyl sites for hydroxylation is 1. The van der Waals surface area contributed by atoms with E-state index in [4.69, 9.17) is 0 Å². The number of hydrogen-bond acceptors (Lipinski definition) is 4. The van der Waals surface area contributed by atoms with Gasteiger partial charge in [0.1, 0.15) is 0 Å². The molecule has 1 aliphatic heterocycles. The minimum Gasteiger partial charge on any atom is -0.341 e. The first-order chi connectivity index (χ1) is 13.8. The summed E-state index contributed by atoms with van der Waals surface area (Å²) in [5.74, 6) is 1.27. The molecular weight excluding hydrogens is 348 g/mol. The quantitative estimate of drug-likeness (QED) is 0.799. The van der Waals surface area contributed by atoms with Crippen LogP contribution in [0.2, 0.25) is 0 Å². The zero-order chi connectivity index (χ0) is 19.3. The van der Waals surface area contributed by atoms with Gasteiger partial charge in [0.2, 0.25) is 11.9 Å². The van der Waals surface area contributed by atoms with Crippen molar-refractivity contribution in [1.82, 2.24) is 14.9 Å². The van der Waals surface area contributed by atoms with E-state index in [1.807, 2.05) is 6.07 Å². The Bertz CT molecular complexity index is 786. The number of piperidine rings is 1. The van der Waals surface area contributed by atoms with Gasteiger partial charge in [-0.3, -0.25) is 4.79 Å². The summed E-state index contributed by atoms with van der Waals surface area (Å²) in [5.41, 5.74) is 2.88. The maximum atomic E-state index is 13.4. The Morgan fingerprint density at radius 1 is 1.07 bits per heavy atom. The fourth-order valence-corrected chi connectivity index (χ4v) is 4.67. The van der Waals surface area contributed by atoms with Crippen LogP contribution in [0, 0.1) is 5.92 Å². The summed E-state index contributed by atoms with van der Waals surface area (Å²) >= 11 is 0. The van der Waals surface area contributed by atoms with E-state index < -0.39 is 0 Å². The maximum absolute atomic E-state index is 13.4. The van der Waals surface area contributed by atoms with Crippen molar-refractivity contribution in [3.63, 3.8) is 0 Å². The minimum absolute atomic E-state index is 0.128. The molecule has 1 atom stereocenters. The number of carbonyl (C=O) groups excluding carboxylic acids is 1. The molecule has 2 aliphatic rings. The van der Waals surface area contributed by atoms with Crippen molar-refractivity contribution in [2.75, 3.05) is 24.5 Å². The van der Waals surface area contributed by atoms with Gasteiger partial charge in [-0.1, -0.05) is 31.2 Å². The van der Waals surface area contributed by atoms with Gasteiger partial charge in [-0.15, -0.1) is 0 Å². The first kappa shape index (κ1) is 18.9. The lowest BCUT2D eigenvalue weighted by Crippen LogP contribution is -2.49. The highest BCUT2D eigenvalue weighted by Crippen LogP contribution is 2.28. The minimum atomic E-state index is 0.128. The summed E-state index contributed by atoms with van der Waals surface area (Å²) in [7, 11) is 0. The average molecular weight is 379 g/mol. The van der Waals surface area contributed by atoms with E-state index in [0.29, 0.717) is 11.9 Å². The Kier molecular flexibility index (Phi) is 5.89. The van der Waals surface area contributed by atoms with Crippen LogP contribution in [0.1, 0.15) is 43.7 Å². The number of fused-ring (bicyclic) bond motifs is 1. The van der Waals surface area contributed by atoms with Crippen LogP contribution in [0.3, 0.4) is 0 Å². The highest BCUT2D eigenvalue weighted by molar-refractivity contribution is 5.79. The van der Waals surface area contributed by atoms with Gasteiger partial charge in [-0.25, -0.2) is 9.97 Å². The van der Waals surface area contributed by atoms with E-state index in [1.54, 1.807) is 12.4 Å². The molecule has 5 heteroatoms. The lowest BCUT2D eigenvalue weighted by molar-refractivity contribution is -0.139. The van der Waals surface area contributed by atoms with Gasteiger partial charge in [-0.2, -0.15) is 0 Å². The van der Waals surface area contributed by atoms with Crippen molar-refractivity contribution in [3.05, 3.63) is 53.9 Å². The standard InChI is InChI=1S/C23H30N4O/c1-2-14-27(21-9-8-18-6-3-4-7-20(18)17-21)22(28)19-10-15-26(16-11-19)23-24-12-5-13-25-23/h3-7,12-13,19,21H,2,8-11,14-17H2,1H3. The molecule has 1 amide bonds. The number of aromatic nitrogens is 2. The largest absolute Gasteiger partial charge is 0.341 e. The van der Waals surface area contributed by atoms with Crippen molar-refractivity contribution in [1.29, 1.82) is 0 Å². The lowest BCUT2D eigenvalue weighted by Gasteiger charge is -2.39. The lowest BCUT2D eigenvalue weighted by atomic mass is 9.86. The fraction of sp³-hybridized carbons (Fsp3) is 0.522. The van der Waals surface area contributed by atoms with Gasteiger partial charge in [0.25, 0.3) is 0 Å². The number of nitrogens with zero attached hydrogens (tertiary/aromatic N) is 4. The Hall–Kier alpha value is -2.43. The average Bonchev–Trinajstić information content (AvgIpc) is 2.77. The number of rotatable bonds is 5. The Balaban J connectivity index is 1.41. The molecule has 1 aromatic heterocycles. The fourth-order valence-electron chi connectivity index (χ4n) is 4.67. The van der Waals surface area contributed by atoms with Crippen LogP contribution in [0.25, 0.3) is 0 Å². The predicted molar refractivity (Wildman–Crippen MR) is 111 cm³/mol. The summed E-state index contributed by atoms with van der Waals surface area (Å²) in [4.78, 5) is 26.5. The molecule has 1 fully saturated rings. The second kappa shape index (κ2) is 8.72. The third-order valence-corrected chi connectivity index (χ3v) is 6.19. The summed E-state index contributed by atoms with van der Waals surface area (Å²) in [5, 5.41) is 0. The number of benzene rings is 1. The molecular formula is C23H30N4O. The molecule has 0 N–H and O–H groups in total. The summed E-state index contributed by atoms with van der Waals surface area (Å²) in [6.45, 7) is 4.75. The molecule has 148 valence electrons. The van der Waals surface area contributed by atoms with Crippen molar-refractivity contribution >= 4 is 11.9 Å². The third kappa shape index (κ3) is 4.03. The van der Waals surface area contributed by atoms with Crippen LogP contribution in [-0.2, 0) is 17.6 Å².